The van der Waals surface area contributed by atoms with Crippen molar-refractivity contribution in [2.45, 2.75) is 43.6 Å². The predicted octanol–water partition coefficient (Wildman–Crippen LogP) is 2.64. The van der Waals surface area contributed by atoms with Gasteiger partial charge >= 0.3 is 0 Å². The summed E-state index contributed by atoms with van der Waals surface area (Å²) < 4.78 is 5.44. The minimum Gasteiger partial charge on any atom is -0.496 e. The fraction of sp³-hybridized carbons (Fsp3) is 0.571. The summed E-state index contributed by atoms with van der Waals surface area (Å²) in [6, 6.07) is 6.42. The van der Waals surface area contributed by atoms with Gasteiger partial charge in [-0.05, 0) is 48.8 Å². The minimum atomic E-state index is -0.411. The molecule has 2 heteroatoms. The Morgan fingerprint density at radius 3 is 2.69 bits per heavy atom. The van der Waals surface area contributed by atoms with E-state index >= 15 is 0 Å². The van der Waals surface area contributed by atoms with Crippen molar-refractivity contribution < 1.29 is 9.84 Å². The van der Waals surface area contributed by atoms with Crippen molar-refractivity contribution in [3.8, 4) is 5.75 Å². The summed E-state index contributed by atoms with van der Waals surface area (Å²) in [5.41, 5.74) is 2.13. The van der Waals surface area contributed by atoms with Gasteiger partial charge in [0.15, 0.2) is 0 Å². The Balaban J connectivity index is 1.84. The third kappa shape index (κ3) is 1.94. The molecule has 0 bridgehead atoms. The molecule has 16 heavy (non-hydrogen) atoms. The fourth-order valence-corrected chi connectivity index (χ4v) is 2.30. The van der Waals surface area contributed by atoms with Gasteiger partial charge in [-0.15, -0.1) is 0 Å². The molecule has 0 radical (unpaired) electrons. The van der Waals surface area contributed by atoms with Gasteiger partial charge in [-0.2, -0.15) is 0 Å². The van der Waals surface area contributed by atoms with Crippen LogP contribution in [-0.2, 0) is 6.42 Å². The number of benzene rings is 1. The van der Waals surface area contributed by atoms with Crippen LogP contribution in [0.4, 0.5) is 0 Å². The zero-order valence-corrected chi connectivity index (χ0v) is 9.70. The Kier molecular flexibility index (Phi) is 2.21. The molecule has 86 valence electrons. The van der Waals surface area contributed by atoms with Crippen LogP contribution in [0.25, 0.3) is 0 Å². The first-order valence-corrected chi connectivity index (χ1v) is 6.09. The Morgan fingerprint density at radius 1 is 1.38 bits per heavy atom. The molecule has 0 saturated heterocycles. The van der Waals surface area contributed by atoms with Gasteiger partial charge in [-0.25, -0.2) is 0 Å². The minimum absolute atomic E-state index is 0.411. The smallest absolute Gasteiger partial charge is 0.122 e. The Morgan fingerprint density at radius 2 is 2.12 bits per heavy atom. The van der Waals surface area contributed by atoms with Crippen LogP contribution >= 0.6 is 0 Å². The third-order valence-corrected chi connectivity index (χ3v) is 3.68. The van der Waals surface area contributed by atoms with Crippen LogP contribution in [0.1, 0.15) is 42.7 Å². The molecule has 0 atom stereocenters. The standard InChI is InChI=1S/C14H18O2/c1-16-13-8-10(9-14(15)6-7-14)2-5-12(13)11-3-4-11/h2,5,8,11,15H,3-4,6-7,9H2,1H3. The van der Waals surface area contributed by atoms with E-state index in [4.69, 9.17) is 4.74 Å². The molecule has 3 rings (SSSR count). The van der Waals surface area contributed by atoms with Crippen LogP contribution in [-0.4, -0.2) is 17.8 Å². The van der Waals surface area contributed by atoms with Crippen molar-refractivity contribution in [1.29, 1.82) is 0 Å². The van der Waals surface area contributed by atoms with Gasteiger partial charge in [-0.1, -0.05) is 12.1 Å². The van der Waals surface area contributed by atoms with Crippen LogP contribution in [0.5, 0.6) is 5.75 Å². The summed E-state index contributed by atoms with van der Waals surface area (Å²) in [4.78, 5) is 0. The lowest BCUT2D eigenvalue weighted by molar-refractivity contribution is 0.151. The van der Waals surface area contributed by atoms with Gasteiger partial charge in [0, 0.05) is 6.42 Å². The molecule has 2 aliphatic carbocycles. The summed E-state index contributed by atoms with van der Waals surface area (Å²) >= 11 is 0. The van der Waals surface area contributed by atoms with Crippen molar-refractivity contribution in [3.05, 3.63) is 29.3 Å². The molecule has 1 N–H and O–H groups in total. The van der Waals surface area contributed by atoms with Crippen molar-refractivity contribution in [1.82, 2.24) is 0 Å². The zero-order chi connectivity index (χ0) is 11.2. The second-order valence-electron chi connectivity index (χ2n) is 5.25. The number of rotatable bonds is 4. The predicted molar refractivity (Wildman–Crippen MR) is 62.9 cm³/mol. The lowest BCUT2D eigenvalue weighted by Gasteiger charge is -2.12. The molecule has 2 nitrogen and oxygen atoms in total. The second kappa shape index (κ2) is 3.49. The quantitative estimate of drug-likeness (QED) is 0.841. The summed E-state index contributed by atoms with van der Waals surface area (Å²) in [7, 11) is 1.73. The maximum Gasteiger partial charge on any atom is 0.122 e. The van der Waals surface area contributed by atoms with Crippen LogP contribution in [0.3, 0.4) is 0 Å². The zero-order valence-electron chi connectivity index (χ0n) is 9.70. The Hall–Kier alpha value is -1.02. The van der Waals surface area contributed by atoms with E-state index in [1.165, 1.54) is 24.0 Å². The first-order valence-electron chi connectivity index (χ1n) is 6.09. The molecule has 0 unspecified atom stereocenters. The van der Waals surface area contributed by atoms with Gasteiger partial charge in [0.2, 0.25) is 0 Å². The lowest BCUT2D eigenvalue weighted by atomic mass is 10.0. The molecule has 0 aliphatic heterocycles. The first kappa shape index (κ1) is 10.2. The number of aliphatic hydroxyl groups is 1. The highest BCUT2D eigenvalue weighted by atomic mass is 16.5. The van der Waals surface area contributed by atoms with E-state index in [1.54, 1.807) is 7.11 Å². The highest BCUT2D eigenvalue weighted by Crippen LogP contribution is 2.45. The molecule has 1 aromatic rings. The summed E-state index contributed by atoms with van der Waals surface area (Å²) in [5, 5.41) is 9.90. The molecule has 2 aliphatic rings. The highest BCUT2D eigenvalue weighted by Gasteiger charge is 2.40. The van der Waals surface area contributed by atoms with Gasteiger partial charge in [0.25, 0.3) is 0 Å². The summed E-state index contributed by atoms with van der Waals surface area (Å²) in [5.74, 6) is 1.72. The monoisotopic (exact) mass is 218 g/mol. The van der Waals surface area contributed by atoms with Crippen LogP contribution in [0.15, 0.2) is 18.2 Å². The van der Waals surface area contributed by atoms with E-state index < -0.39 is 5.60 Å². The molecule has 2 fully saturated rings. The Bertz CT molecular complexity index is 403. The van der Waals surface area contributed by atoms with E-state index in [0.29, 0.717) is 5.92 Å². The average Bonchev–Trinajstić information content (AvgIpc) is 3.15. The van der Waals surface area contributed by atoms with Crippen LogP contribution in [0, 0.1) is 0 Å². The lowest BCUT2D eigenvalue weighted by Crippen LogP contribution is -2.10. The molecular weight excluding hydrogens is 200 g/mol. The van der Waals surface area contributed by atoms with E-state index in [1.807, 2.05) is 0 Å². The maximum absolute atomic E-state index is 9.90. The van der Waals surface area contributed by atoms with Crippen LogP contribution < -0.4 is 4.74 Å². The van der Waals surface area contributed by atoms with E-state index in [0.717, 1.165) is 25.0 Å². The fourth-order valence-electron chi connectivity index (χ4n) is 2.30. The number of methoxy groups -OCH3 is 1. The number of hydrogen-bond acceptors (Lipinski definition) is 2. The molecule has 0 spiro atoms. The molecular formula is C14H18O2. The average molecular weight is 218 g/mol. The molecule has 0 aromatic heterocycles. The van der Waals surface area contributed by atoms with E-state index in [9.17, 15) is 5.11 Å². The topological polar surface area (TPSA) is 29.5 Å². The third-order valence-electron chi connectivity index (χ3n) is 3.68. The van der Waals surface area contributed by atoms with Crippen molar-refractivity contribution in [2.75, 3.05) is 7.11 Å². The van der Waals surface area contributed by atoms with E-state index in [-0.39, 0.29) is 0 Å². The van der Waals surface area contributed by atoms with E-state index in [2.05, 4.69) is 18.2 Å². The van der Waals surface area contributed by atoms with Crippen LogP contribution in [0.2, 0.25) is 0 Å². The molecule has 0 amide bonds. The molecule has 0 heterocycles. The SMILES string of the molecule is COc1cc(CC2(O)CC2)ccc1C1CC1. The summed E-state index contributed by atoms with van der Waals surface area (Å²) in [6.45, 7) is 0. The van der Waals surface area contributed by atoms with Gasteiger partial charge in [0.05, 0.1) is 12.7 Å². The van der Waals surface area contributed by atoms with Gasteiger partial charge < -0.3 is 9.84 Å². The first-order chi connectivity index (χ1) is 7.70. The highest BCUT2D eigenvalue weighted by molar-refractivity contribution is 5.42. The normalized spacial score (nSPS) is 21.9. The number of ether oxygens (including phenoxy) is 1. The van der Waals surface area contributed by atoms with Crippen molar-refractivity contribution >= 4 is 0 Å². The van der Waals surface area contributed by atoms with Crippen molar-refractivity contribution in [3.63, 3.8) is 0 Å². The second-order valence-corrected chi connectivity index (χ2v) is 5.25. The Labute approximate surface area is 96.2 Å². The van der Waals surface area contributed by atoms with Gasteiger partial charge in [-0.3, -0.25) is 0 Å². The van der Waals surface area contributed by atoms with Gasteiger partial charge in [0.1, 0.15) is 5.75 Å². The number of hydrogen-bond donors (Lipinski definition) is 1. The maximum atomic E-state index is 9.90. The van der Waals surface area contributed by atoms with Crippen molar-refractivity contribution in [2.24, 2.45) is 0 Å². The molecule has 2 saturated carbocycles. The summed E-state index contributed by atoms with van der Waals surface area (Å²) in [6.07, 6.45) is 5.24. The molecule has 1 aromatic carbocycles. The largest absolute Gasteiger partial charge is 0.496 e.